The Morgan fingerprint density at radius 3 is 2.89 bits per heavy atom. The standard InChI is InChI=1S/C22H29NO2S2/c1-3-8-17(15-26-21-11-6-4-9-19(21)24-2)13-23-18-14-25-20-10-5-7-12-22(20)27-16-18/h4-7,9-12,17-18,23H,3,8,13-16H2,1-2H3/t17-,18?/m1/s1. The first-order valence-electron chi connectivity index (χ1n) is 9.64. The normalized spacial score (nSPS) is 17.5. The molecule has 2 atom stereocenters. The summed E-state index contributed by atoms with van der Waals surface area (Å²) in [7, 11) is 1.74. The Bertz CT molecular complexity index is 683. The molecular formula is C22H29NO2S2. The Labute approximate surface area is 171 Å². The lowest BCUT2D eigenvalue weighted by atomic mass is 10.1. The van der Waals surface area contributed by atoms with Crippen LogP contribution < -0.4 is 14.8 Å². The largest absolute Gasteiger partial charge is 0.496 e. The predicted octanol–water partition coefficient (Wildman–Crippen LogP) is 5.35. The van der Waals surface area contributed by atoms with E-state index in [1.807, 2.05) is 41.7 Å². The van der Waals surface area contributed by atoms with E-state index in [4.69, 9.17) is 9.47 Å². The van der Waals surface area contributed by atoms with E-state index < -0.39 is 0 Å². The van der Waals surface area contributed by atoms with Gasteiger partial charge in [-0.2, -0.15) is 0 Å². The van der Waals surface area contributed by atoms with Crippen LogP contribution in [-0.2, 0) is 0 Å². The summed E-state index contributed by atoms with van der Waals surface area (Å²) in [6.07, 6.45) is 2.44. The smallest absolute Gasteiger partial charge is 0.132 e. The molecule has 1 heterocycles. The molecule has 2 aromatic rings. The summed E-state index contributed by atoms with van der Waals surface area (Å²) in [5.41, 5.74) is 0. The van der Waals surface area contributed by atoms with Crippen LogP contribution in [0.4, 0.5) is 0 Å². The van der Waals surface area contributed by atoms with E-state index >= 15 is 0 Å². The molecule has 1 unspecified atom stereocenters. The molecule has 0 bridgehead atoms. The molecular weight excluding hydrogens is 374 g/mol. The van der Waals surface area contributed by atoms with E-state index in [9.17, 15) is 0 Å². The van der Waals surface area contributed by atoms with Crippen LogP contribution >= 0.6 is 23.5 Å². The summed E-state index contributed by atoms with van der Waals surface area (Å²) in [6, 6.07) is 17.0. The van der Waals surface area contributed by atoms with Crippen molar-refractivity contribution in [1.29, 1.82) is 0 Å². The minimum absolute atomic E-state index is 0.387. The Morgan fingerprint density at radius 1 is 1.22 bits per heavy atom. The first-order valence-corrected chi connectivity index (χ1v) is 11.6. The molecule has 3 nitrogen and oxygen atoms in total. The number of hydrogen-bond donors (Lipinski definition) is 1. The van der Waals surface area contributed by atoms with Gasteiger partial charge < -0.3 is 14.8 Å². The van der Waals surface area contributed by atoms with E-state index in [0.29, 0.717) is 12.0 Å². The molecule has 3 rings (SSSR count). The van der Waals surface area contributed by atoms with Crippen molar-refractivity contribution in [2.45, 2.75) is 35.6 Å². The van der Waals surface area contributed by atoms with Gasteiger partial charge in [0.05, 0.1) is 13.2 Å². The molecule has 1 aliphatic rings. The maximum absolute atomic E-state index is 6.01. The van der Waals surface area contributed by atoms with Gasteiger partial charge in [0.1, 0.15) is 18.1 Å². The van der Waals surface area contributed by atoms with Crippen LogP contribution in [0, 0.1) is 5.92 Å². The van der Waals surface area contributed by atoms with Gasteiger partial charge in [-0.15, -0.1) is 23.5 Å². The summed E-state index contributed by atoms with van der Waals surface area (Å²) < 4.78 is 11.5. The van der Waals surface area contributed by atoms with Crippen molar-refractivity contribution in [1.82, 2.24) is 5.32 Å². The lowest BCUT2D eigenvalue weighted by Crippen LogP contribution is -2.39. The van der Waals surface area contributed by atoms with Crippen molar-refractivity contribution >= 4 is 23.5 Å². The first-order chi connectivity index (χ1) is 13.3. The van der Waals surface area contributed by atoms with Gasteiger partial charge in [-0.05, 0) is 43.1 Å². The summed E-state index contributed by atoms with van der Waals surface area (Å²) in [5.74, 6) is 4.78. The van der Waals surface area contributed by atoms with Crippen molar-refractivity contribution in [3.63, 3.8) is 0 Å². The zero-order valence-electron chi connectivity index (χ0n) is 16.1. The zero-order valence-corrected chi connectivity index (χ0v) is 17.8. The topological polar surface area (TPSA) is 30.5 Å². The maximum Gasteiger partial charge on any atom is 0.132 e. The van der Waals surface area contributed by atoms with Crippen molar-refractivity contribution in [3.05, 3.63) is 48.5 Å². The molecule has 0 radical (unpaired) electrons. The second kappa shape index (κ2) is 10.9. The summed E-state index contributed by atoms with van der Waals surface area (Å²) in [6.45, 7) is 4.03. The number of fused-ring (bicyclic) bond motifs is 1. The van der Waals surface area contributed by atoms with Gasteiger partial charge in [-0.25, -0.2) is 0 Å². The Morgan fingerprint density at radius 2 is 2.04 bits per heavy atom. The summed E-state index contributed by atoms with van der Waals surface area (Å²) in [5, 5.41) is 3.76. The SMILES string of the molecule is CCC[C@H](CNC1COc2ccccc2SC1)CSc1ccccc1OC. The fourth-order valence-corrected chi connectivity index (χ4v) is 5.37. The number of para-hydroxylation sites is 2. The van der Waals surface area contributed by atoms with Crippen molar-refractivity contribution in [3.8, 4) is 11.5 Å². The van der Waals surface area contributed by atoms with Crippen LogP contribution in [0.1, 0.15) is 19.8 Å². The Balaban J connectivity index is 1.49. The van der Waals surface area contributed by atoms with Gasteiger partial charge in [0, 0.05) is 21.3 Å². The van der Waals surface area contributed by atoms with Gasteiger partial charge in [0.25, 0.3) is 0 Å². The first kappa shape index (κ1) is 20.4. The molecule has 0 fully saturated rings. The molecule has 0 aromatic heterocycles. The fourth-order valence-electron chi connectivity index (χ4n) is 3.17. The third-order valence-electron chi connectivity index (χ3n) is 4.66. The van der Waals surface area contributed by atoms with Crippen molar-refractivity contribution in [2.24, 2.45) is 5.92 Å². The molecule has 0 saturated carbocycles. The van der Waals surface area contributed by atoms with Crippen LogP contribution in [0.5, 0.6) is 11.5 Å². The van der Waals surface area contributed by atoms with Crippen LogP contribution in [-0.4, -0.2) is 37.8 Å². The minimum Gasteiger partial charge on any atom is -0.496 e. The highest BCUT2D eigenvalue weighted by atomic mass is 32.2. The summed E-state index contributed by atoms with van der Waals surface area (Å²) >= 11 is 3.79. The highest BCUT2D eigenvalue weighted by Gasteiger charge is 2.19. The quantitative estimate of drug-likeness (QED) is 0.571. The number of benzene rings is 2. The predicted molar refractivity (Wildman–Crippen MR) is 117 cm³/mol. The third kappa shape index (κ3) is 6.09. The molecule has 27 heavy (non-hydrogen) atoms. The molecule has 0 spiro atoms. The van der Waals surface area contributed by atoms with E-state index in [1.54, 1.807) is 7.11 Å². The van der Waals surface area contributed by atoms with E-state index in [2.05, 4.69) is 42.6 Å². The molecule has 0 saturated heterocycles. The van der Waals surface area contributed by atoms with Gasteiger partial charge in [-0.1, -0.05) is 37.6 Å². The molecule has 0 aliphatic carbocycles. The average molecular weight is 404 g/mol. The fraction of sp³-hybridized carbons (Fsp3) is 0.455. The molecule has 1 aliphatic heterocycles. The van der Waals surface area contributed by atoms with Gasteiger partial charge in [-0.3, -0.25) is 0 Å². The number of methoxy groups -OCH3 is 1. The second-order valence-corrected chi connectivity index (χ2v) is 8.91. The Kier molecular flexibility index (Phi) is 8.24. The lowest BCUT2D eigenvalue weighted by Gasteiger charge is -2.21. The third-order valence-corrected chi connectivity index (χ3v) is 7.17. The highest BCUT2D eigenvalue weighted by molar-refractivity contribution is 7.99. The molecule has 1 N–H and O–H groups in total. The average Bonchev–Trinajstić information content (AvgIpc) is 2.93. The van der Waals surface area contributed by atoms with E-state index in [1.165, 1.54) is 22.6 Å². The summed E-state index contributed by atoms with van der Waals surface area (Å²) in [4.78, 5) is 2.48. The number of rotatable bonds is 9. The van der Waals surface area contributed by atoms with Crippen LogP contribution in [0.25, 0.3) is 0 Å². The number of thioether (sulfide) groups is 2. The maximum atomic E-state index is 6.01. The van der Waals surface area contributed by atoms with E-state index in [-0.39, 0.29) is 0 Å². The van der Waals surface area contributed by atoms with Crippen LogP contribution in [0.15, 0.2) is 58.3 Å². The monoisotopic (exact) mass is 403 g/mol. The van der Waals surface area contributed by atoms with Gasteiger partial charge in [0.15, 0.2) is 0 Å². The number of nitrogens with one attached hydrogen (secondary N) is 1. The van der Waals surface area contributed by atoms with Crippen LogP contribution in [0.2, 0.25) is 0 Å². The highest BCUT2D eigenvalue weighted by Crippen LogP contribution is 2.33. The molecule has 5 heteroatoms. The van der Waals surface area contributed by atoms with Gasteiger partial charge in [0.2, 0.25) is 0 Å². The van der Waals surface area contributed by atoms with Crippen molar-refractivity contribution < 1.29 is 9.47 Å². The van der Waals surface area contributed by atoms with Crippen LogP contribution in [0.3, 0.4) is 0 Å². The zero-order chi connectivity index (χ0) is 18.9. The number of ether oxygens (including phenoxy) is 2. The Hall–Kier alpha value is -1.30. The molecule has 2 aromatic carbocycles. The van der Waals surface area contributed by atoms with E-state index in [0.717, 1.165) is 36.2 Å². The lowest BCUT2D eigenvalue weighted by molar-refractivity contribution is 0.268. The molecule has 0 amide bonds. The minimum atomic E-state index is 0.387. The second-order valence-electron chi connectivity index (χ2n) is 6.79. The molecule has 146 valence electrons. The number of hydrogen-bond acceptors (Lipinski definition) is 5. The van der Waals surface area contributed by atoms with Crippen molar-refractivity contribution in [2.75, 3.05) is 31.8 Å². The van der Waals surface area contributed by atoms with Gasteiger partial charge >= 0.3 is 0 Å².